The largest absolute Gasteiger partial charge is 0.339 e. The summed E-state index contributed by atoms with van der Waals surface area (Å²) >= 11 is 5.90. The first-order chi connectivity index (χ1) is 10.8. The molecule has 23 heavy (non-hydrogen) atoms. The summed E-state index contributed by atoms with van der Waals surface area (Å²) in [6.45, 7) is 4.42. The van der Waals surface area contributed by atoms with Gasteiger partial charge in [0.2, 0.25) is 5.91 Å². The molecule has 2 amide bonds. The van der Waals surface area contributed by atoms with Crippen LogP contribution in [0.3, 0.4) is 0 Å². The first kappa shape index (κ1) is 17.7. The van der Waals surface area contributed by atoms with Crippen molar-refractivity contribution in [1.29, 1.82) is 0 Å². The molecule has 1 unspecified atom stereocenters. The minimum Gasteiger partial charge on any atom is -0.339 e. The van der Waals surface area contributed by atoms with Crippen molar-refractivity contribution in [2.24, 2.45) is 10.3 Å². The van der Waals surface area contributed by atoms with E-state index in [4.69, 9.17) is 11.6 Å². The molecule has 1 atom stereocenters. The monoisotopic (exact) mass is 354 g/mol. The zero-order chi connectivity index (χ0) is 17.0. The highest BCUT2D eigenvalue weighted by Crippen LogP contribution is 2.22. The fraction of sp³-hybridized carbons (Fsp3) is 0.375. The molecular formula is C16H19ClN2O3S. The Balaban J connectivity index is 2.11. The summed E-state index contributed by atoms with van der Waals surface area (Å²) in [4.78, 5) is 25.9. The van der Waals surface area contributed by atoms with Crippen molar-refractivity contribution >= 4 is 33.1 Å². The van der Waals surface area contributed by atoms with E-state index in [0.29, 0.717) is 35.8 Å². The van der Waals surface area contributed by atoms with Gasteiger partial charge in [-0.05, 0) is 37.1 Å². The van der Waals surface area contributed by atoms with Gasteiger partial charge in [-0.1, -0.05) is 24.2 Å². The summed E-state index contributed by atoms with van der Waals surface area (Å²) in [6, 6.07) is 6.57. The van der Waals surface area contributed by atoms with Crippen LogP contribution in [0.25, 0.3) is 0 Å². The Kier molecular flexibility index (Phi) is 5.59. The van der Waals surface area contributed by atoms with Crippen LogP contribution in [-0.2, 0) is 19.3 Å². The summed E-state index contributed by atoms with van der Waals surface area (Å²) in [7, 11) is -2.82. The second kappa shape index (κ2) is 7.27. The third-order valence-electron chi connectivity index (χ3n) is 3.83. The third-order valence-corrected chi connectivity index (χ3v) is 5.72. The fourth-order valence-corrected chi connectivity index (χ4v) is 4.01. The van der Waals surface area contributed by atoms with Gasteiger partial charge in [0.25, 0.3) is 5.91 Å². The maximum atomic E-state index is 12.7. The van der Waals surface area contributed by atoms with Crippen LogP contribution in [0.1, 0.15) is 12.8 Å². The first-order valence-electron chi connectivity index (χ1n) is 7.26. The number of benzene rings is 1. The molecule has 1 aromatic rings. The average molecular weight is 355 g/mol. The fourth-order valence-electron chi connectivity index (χ4n) is 2.48. The van der Waals surface area contributed by atoms with E-state index in [0.717, 1.165) is 0 Å². The molecule has 0 saturated carbocycles. The minimum absolute atomic E-state index is 0.133. The van der Waals surface area contributed by atoms with Crippen molar-refractivity contribution in [3.05, 3.63) is 41.9 Å². The standard InChI is InChI=1S/C16H19ClN2O3S/c1-3-15(20)19-9-7-12(8-10-19)16(21)18-23(2,22)14-6-4-5-13(17)11-14/h3-6,11-12H,1,7-10H2,2H3. The van der Waals surface area contributed by atoms with Gasteiger partial charge in [-0.3, -0.25) is 9.59 Å². The van der Waals surface area contributed by atoms with Crippen LogP contribution < -0.4 is 0 Å². The molecule has 0 aromatic heterocycles. The van der Waals surface area contributed by atoms with E-state index in [2.05, 4.69) is 10.9 Å². The predicted octanol–water partition coefficient (Wildman–Crippen LogP) is 2.75. The second-order valence-electron chi connectivity index (χ2n) is 5.49. The van der Waals surface area contributed by atoms with Gasteiger partial charge in [-0.25, -0.2) is 4.21 Å². The Labute approximate surface area is 141 Å². The van der Waals surface area contributed by atoms with Crippen molar-refractivity contribution in [1.82, 2.24) is 4.90 Å². The summed E-state index contributed by atoms with van der Waals surface area (Å²) in [5.41, 5.74) is 0. The molecule has 1 saturated heterocycles. The Morgan fingerprint density at radius 1 is 1.39 bits per heavy atom. The van der Waals surface area contributed by atoms with E-state index < -0.39 is 9.73 Å². The highest BCUT2D eigenvalue weighted by molar-refractivity contribution is 7.93. The topological polar surface area (TPSA) is 66.8 Å². The normalized spacial score (nSPS) is 18.1. The number of piperidine rings is 1. The van der Waals surface area contributed by atoms with Crippen molar-refractivity contribution in [3.63, 3.8) is 0 Å². The van der Waals surface area contributed by atoms with E-state index >= 15 is 0 Å². The van der Waals surface area contributed by atoms with Crippen molar-refractivity contribution in [2.45, 2.75) is 17.7 Å². The number of carbonyl (C=O) groups is 2. The molecule has 1 aliphatic rings. The van der Waals surface area contributed by atoms with Crippen LogP contribution in [0.15, 0.2) is 46.2 Å². The van der Waals surface area contributed by atoms with Gasteiger partial charge in [-0.2, -0.15) is 4.36 Å². The number of amides is 2. The summed E-state index contributed by atoms with van der Waals surface area (Å²) in [6.07, 6.45) is 3.75. The quantitative estimate of drug-likeness (QED) is 0.784. The van der Waals surface area contributed by atoms with Crippen LogP contribution in [0.2, 0.25) is 5.02 Å². The molecule has 1 aromatic carbocycles. The molecule has 0 N–H and O–H groups in total. The minimum atomic E-state index is -2.82. The predicted molar refractivity (Wildman–Crippen MR) is 90.7 cm³/mol. The molecule has 5 nitrogen and oxygen atoms in total. The highest BCUT2D eigenvalue weighted by atomic mass is 35.5. The van der Waals surface area contributed by atoms with Gasteiger partial charge < -0.3 is 4.90 Å². The number of nitrogens with zero attached hydrogens (tertiary/aromatic N) is 2. The number of halogens is 1. The summed E-state index contributed by atoms with van der Waals surface area (Å²) in [5, 5.41) is 0.455. The Hall–Kier alpha value is -1.66. The number of rotatable bonds is 3. The van der Waals surface area contributed by atoms with Gasteiger partial charge in [0.1, 0.15) is 0 Å². The Morgan fingerprint density at radius 2 is 2.04 bits per heavy atom. The molecule has 1 heterocycles. The maximum Gasteiger partial charge on any atom is 0.257 e. The number of carbonyl (C=O) groups excluding carboxylic acids is 2. The summed E-state index contributed by atoms with van der Waals surface area (Å²) < 4.78 is 16.6. The molecule has 0 bridgehead atoms. The molecule has 2 rings (SSSR count). The second-order valence-corrected chi connectivity index (χ2v) is 8.19. The van der Waals surface area contributed by atoms with Gasteiger partial charge >= 0.3 is 0 Å². The molecule has 0 radical (unpaired) electrons. The van der Waals surface area contributed by atoms with Crippen LogP contribution >= 0.6 is 11.6 Å². The van der Waals surface area contributed by atoms with Crippen molar-refractivity contribution < 1.29 is 13.8 Å². The van der Waals surface area contributed by atoms with Crippen molar-refractivity contribution in [2.75, 3.05) is 19.3 Å². The maximum absolute atomic E-state index is 12.7. The van der Waals surface area contributed by atoms with E-state index in [1.54, 1.807) is 29.2 Å². The average Bonchev–Trinajstić information content (AvgIpc) is 2.54. The van der Waals surface area contributed by atoms with E-state index in [1.807, 2.05) is 0 Å². The number of likely N-dealkylation sites (tertiary alicyclic amines) is 1. The molecule has 0 aliphatic carbocycles. The lowest BCUT2D eigenvalue weighted by Gasteiger charge is -2.29. The molecule has 1 fully saturated rings. The van der Waals surface area contributed by atoms with Gasteiger partial charge in [-0.15, -0.1) is 0 Å². The summed E-state index contributed by atoms with van der Waals surface area (Å²) in [5.74, 6) is -0.807. The lowest BCUT2D eigenvalue weighted by atomic mass is 9.96. The smallest absolute Gasteiger partial charge is 0.257 e. The lowest BCUT2D eigenvalue weighted by molar-refractivity contribution is -0.130. The number of hydrogen-bond donors (Lipinski definition) is 0. The van der Waals surface area contributed by atoms with Crippen LogP contribution in [0, 0.1) is 5.92 Å². The molecular weight excluding hydrogens is 336 g/mol. The molecule has 0 spiro atoms. The van der Waals surface area contributed by atoms with Gasteiger partial charge in [0.05, 0.1) is 9.73 Å². The molecule has 7 heteroatoms. The van der Waals surface area contributed by atoms with Gasteiger partial charge in [0.15, 0.2) is 0 Å². The highest BCUT2D eigenvalue weighted by Gasteiger charge is 2.27. The van der Waals surface area contributed by atoms with Gasteiger partial charge in [0, 0.05) is 35.2 Å². The lowest BCUT2D eigenvalue weighted by Crippen LogP contribution is -2.39. The Bertz CT molecular complexity index is 745. The van der Waals surface area contributed by atoms with E-state index in [-0.39, 0.29) is 17.7 Å². The molecule has 124 valence electrons. The van der Waals surface area contributed by atoms with Crippen LogP contribution in [-0.4, -0.2) is 40.3 Å². The molecule has 1 aliphatic heterocycles. The van der Waals surface area contributed by atoms with Crippen LogP contribution in [0.5, 0.6) is 0 Å². The van der Waals surface area contributed by atoms with E-state index in [9.17, 15) is 13.8 Å². The van der Waals surface area contributed by atoms with Crippen molar-refractivity contribution in [3.8, 4) is 0 Å². The Morgan fingerprint density at radius 3 is 2.61 bits per heavy atom. The first-order valence-corrected chi connectivity index (χ1v) is 9.56. The third kappa shape index (κ3) is 4.42. The zero-order valence-electron chi connectivity index (χ0n) is 12.9. The van der Waals surface area contributed by atoms with E-state index in [1.165, 1.54) is 12.3 Å². The zero-order valence-corrected chi connectivity index (χ0v) is 14.5. The number of hydrogen-bond acceptors (Lipinski definition) is 3. The SMILES string of the molecule is C=CC(=O)N1CCC(C(=O)N=S(C)(=O)c2cccc(Cl)c2)CC1. The van der Waals surface area contributed by atoms with Crippen LogP contribution in [0.4, 0.5) is 0 Å².